The van der Waals surface area contributed by atoms with Crippen LogP contribution in [0.1, 0.15) is 32.3 Å². The molecule has 0 bridgehead atoms. The highest BCUT2D eigenvalue weighted by Crippen LogP contribution is 2.29. The summed E-state index contributed by atoms with van der Waals surface area (Å²) in [6.45, 7) is 5.78. The minimum Gasteiger partial charge on any atom is -0.323 e. The molecule has 0 aliphatic carbocycles. The average Bonchev–Trinajstić information content (AvgIpc) is 2.61. The van der Waals surface area contributed by atoms with E-state index < -0.39 is 5.54 Å². The van der Waals surface area contributed by atoms with E-state index in [0.29, 0.717) is 18.5 Å². The maximum absolute atomic E-state index is 12.5. The van der Waals surface area contributed by atoms with Crippen LogP contribution in [0.4, 0.5) is 10.5 Å². The minimum absolute atomic E-state index is 0.150. The van der Waals surface area contributed by atoms with Crippen molar-refractivity contribution in [3.8, 4) is 0 Å². The van der Waals surface area contributed by atoms with E-state index >= 15 is 0 Å². The van der Waals surface area contributed by atoms with E-state index in [1.54, 1.807) is 6.07 Å². The third kappa shape index (κ3) is 1.78. The largest absolute Gasteiger partial charge is 0.329 e. The SMILES string of the molecule is CCC1(CC)NC(=O)N(c2cccc(C)c2)C1=O. The third-order valence-electron chi connectivity index (χ3n) is 3.63. The molecule has 2 rings (SSSR count). The Morgan fingerprint density at radius 3 is 2.39 bits per heavy atom. The maximum atomic E-state index is 12.5. The zero-order valence-corrected chi connectivity index (χ0v) is 11.0. The predicted octanol–water partition coefficient (Wildman–Crippen LogP) is 2.61. The summed E-state index contributed by atoms with van der Waals surface area (Å²) in [7, 11) is 0. The van der Waals surface area contributed by atoms with Crippen molar-refractivity contribution in [1.29, 1.82) is 0 Å². The number of aryl methyl sites for hydroxylation is 1. The van der Waals surface area contributed by atoms with Crippen LogP contribution in [0.5, 0.6) is 0 Å². The summed E-state index contributed by atoms with van der Waals surface area (Å²) in [5, 5.41) is 2.82. The molecule has 96 valence electrons. The van der Waals surface area contributed by atoms with Gasteiger partial charge in [-0.2, -0.15) is 0 Å². The van der Waals surface area contributed by atoms with Crippen molar-refractivity contribution in [2.75, 3.05) is 4.90 Å². The Labute approximate surface area is 107 Å². The molecular formula is C14H18N2O2. The van der Waals surface area contributed by atoms with Gasteiger partial charge >= 0.3 is 6.03 Å². The molecule has 0 radical (unpaired) electrons. The Bertz CT molecular complexity index is 492. The highest BCUT2D eigenvalue weighted by molar-refractivity contribution is 6.23. The van der Waals surface area contributed by atoms with Gasteiger partial charge in [0.2, 0.25) is 0 Å². The van der Waals surface area contributed by atoms with E-state index in [1.807, 2.05) is 39.0 Å². The number of amides is 3. The normalized spacial score (nSPS) is 18.1. The molecule has 1 aliphatic rings. The number of imide groups is 1. The van der Waals surface area contributed by atoms with E-state index in [1.165, 1.54) is 4.90 Å². The predicted molar refractivity (Wildman–Crippen MR) is 70.5 cm³/mol. The molecule has 1 aromatic rings. The fourth-order valence-electron chi connectivity index (χ4n) is 2.35. The summed E-state index contributed by atoms with van der Waals surface area (Å²) in [5.41, 5.74) is 0.931. The molecule has 0 aromatic heterocycles. The number of carbonyl (C=O) groups excluding carboxylic acids is 2. The zero-order chi connectivity index (χ0) is 13.3. The molecule has 4 nitrogen and oxygen atoms in total. The van der Waals surface area contributed by atoms with Gasteiger partial charge in [0.15, 0.2) is 0 Å². The first-order valence-electron chi connectivity index (χ1n) is 6.27. The first-order valence-corrected chi connectivity index (χ1v) is 6.27. The summed E-state index contributed by atoms with van der Waals surface area (Å²) in [6, 6.07) is 7.09. The van der Waals surface area contributed by atoms with Crippen LogP contribution in [0.2, 0.25) is 0 Å². The Kier molecular flexibility index (Phi) is 3.11. The summed E-state index contributed by atoms with van der Waals surface area (Å²) in [5.74, 6) is -0.150. The molecule has 1 heterocycles. The van der Waals surface area contributed by atoms with Gasteiger partial charge in [-0.3, -0.25) is 4.79 Å². The van der Waals surface area contributed by atoms with Crippen molar-refractivity contribution < 1.29 is 9.59 Å². The highest BCUT2D eigenvalue weighted by Gasteiger charge is 2.49. The quantitative estimate of drug-likeness (QED) is 0.833. The van der Waals surface area contributed by atoms with Crippen molar-refractivity contribution in [1.82, 2.24) is 5.32 Å². The molecule has 1 aliphatic heterocycles. The first kappa shape index (κ1) is 12.6. The van der Waals surface area contributed by atoms with Gasteiger partial charge < -0.3 is 5.32 Å². The van der Waals surface area contributed by atoms with Crippen LogP contribution in [0.3, 0.4) is 0 Å². The van der Waals surface area contributed by atoms with Gasteiger partial charge in [0.05, 0.1) is 5.69 Å². The molecule has 1 N–H and O–H groups in total. The molecule has 1 fully saturated rings. The van der Waals surface area contributed by atoms with Crippen LogP contribution in [0, 0.1) is 6.92 Å². The highest BCUT2D eigenvalue weighted by atomic mass is 16.2. The summed E-state index contributed by atoms with van der Waals surface area (Å²) >= 11 is 0. The molecule has 0 atom stereocenters. The maximum Gasteiger partial charge on any atom is 0.329 e. The number of anilines is 1. The number of carbonyl (C=O) groups is 2. The third-order valence-corrected chi connectivity index (χ3v) is 3.63. The van der Waals surface area contributed by atoms with Gasteiger partial charge in [0.1, 0.15) is 5.54 Å². The van der Waals surface area contributed by atoms with E-state index in [2.05, 4.69) is 5.32 Å². The molecule has 18 heavy (non-hydrogen) atoms. The molecule has 0 spiro atoms. The molecule has 1 saturated heterocycles. The smallest absolute Gasteiger partial charge is 0.323 e. The van der Waals surface area contributed by atoms with Gasteiger partial charge in [-0.25, -0.2) is 9.69 Å². The molecular weight excluding hydrogens is 228 g/mol. The number of nitrogens with one attached hydrogen (secondary N) is 1. The van der Waals surface area contributed by atoms with Gasteiger partial charge in [-0.1, -0.05) is 26.0 Å². The van der Waals surface area contributed by atoms with Crippen molar-refractivity contribution in [3.63, 3.8) is 0 Å². The summed E-state index contributed by atoms with van der Waals surface area (Å²) in [6.07, 6.45) is 1.22. The average molecular weight is 246 g/mol. The van der Waals surface area contributed by atoms with Crippen LogP contribution in [0.25, 0.3) is 0 Å². The lowest BCUT2D eigenvalue weighted by atomic mass is 9.93. The van der Waals surface area contributed by atoms with Crippen LogP contribution in [-0.2, 0) is 4.79 Å². The van der Waals surface area contributed by atoms with E-state index in [0.717, 1.165) is 5.56 Å². The fraction of sp³-hybridized carbons (Fsp3) is 0.429. The van der Waals surface area contributed by atoms with Crippen LogP contribution < -0.4 is 10.2 Å². The second kappa shape index (κ2) is 4.44. The standard InChI is InChI=1S/C14H18N2O2/c1-4-14(5-2)12(17)16(13(18)15-14)11-8-6-7-10(3)9-11/h6-9H,4-5H2,1-3H3,(H,15,18). The number of nitrogens with zero attached hydrogens (tertiary/aromatic N) is 1. The second-order valence-electron chi connectivity index (χ2n) is 4.70. The fourth-order valence-corrected chi connectivity index (χ4v) is 2.35. The van der Waals surface area contributed by atoms with Crippen LogP contribution >= 0.6 is 0 Å². The van der Waals surface area contributed by atoms with Gasteiger partial charge in [0.25, 0.3) is 5.91 Å². The molecule has 0 unspecified atom stereocenters. The van der Waals surface area contributed by atoms with E-state index in [4.69, 9.17) is 0 Å². The lowest BCUT2D eigenvalue weighted by Gasteiger charge is -2.23. The lowest BCUT2D eigenvalue weighted by molar-refractivity contribution is -0.122. The van der Waals surface area contributed by atoms with Gasteiger partial charge in [-0.05, 0) is 37.5 Å². The zero-order valence-electron chi connectivity index (χ0n) is 11.0. The van der Waals surface area contributed by atoms with Crippen LogP contribution in [0.15, 0.2) is 24.3 Å². The van der Waals surface area contributed by atoms with E-state index in [9.17, 15) is 9.59 Å². The van der Waals surface area contributed by atoms with Crippen molar-refractivity contribution in [2.45, 2.75) is 39.2 Å². The van der Waals surface area contributed by atoms with E-state index in [-0.39, 0.29) is 11.9 Å². The Morgan fingerprint density at radius 1 is 1.22 bits per heavy atom. The molecule has 4 heteroatoms. The number of hydrogen-bond acceptors (Lipinski definition) is 2. The summed E-state index contributed by atoms with van der Waals surface area (Å²) in [4.78, 5) is 25.7. The van der Waals surface area contributed by atoms with Gasteiger partial charge in [0, 0.05) is 0 Å². The Hall–Kier alpha value is -1.84. The number of urea groups is 1. The Balaban J connectivity index is 2.41. The summed E-state index contributed by atoms with van der Waals surface area (Å²) < 4.78 is 0. The topological polar surface area (TPSA) is 49.4 Å². The van der Waals surface area contributed by atoms with Crippen molar-refractivity contribution in [3.05, 3.63) is 29.8 Å². The Morgan fingerprint density at radius 2 is 1.89 bits per heavy atom. The van der Waals surface area contributed by atoms with Crippen molar-refractivity contribution >= 4 is 17.6 Å². The second-order valence-corrected chi connectivity index (χ2v) is 4.70. The van der Waals surface area contributed by atoms with Crippen molar-refractivity contribution in [2.24, 2.45) is 0 Å². The molecule has 1 aromatic carbocycles. The molecule has 3 amide bonds. The van der Waals surface area contributed by atoms with Crippen LogP contribution in [-0.4, -0.2) is 17.5 Å². The lowest BCUT2D eigenvalue weighted by Crippen LogP contribution is -2.45. The minimum atomic E-state index is -0.735. The van der Waals surface area contributed by atoms with Gasteiger partial charge in [-0.15, -0.1) is 0 Å². The number of benzene rings is 1. The first-order chi connectivity index (χ1) is 8.54. The monoisotopic (exact) mass is 246 g/mol. The molecule has 0 saturated carbocycles. The number of hydrogen-bond donors (Lipinski definition) is 1. The number of rotatable bonds is 3.